The lowest BCUT2D eigenvalue weighted by Gasteiger charge is -2.26. The van der Waals surface area contributed by atoms with Gasteiger partial charge in [0.15, 0.2) is 5.78 Å². The molecule has 3 aromatic rings. The van der Waals surface area contributed by atoms with E-state index in [9.17, 15) is 9.90 Å². The largest absolute Gasteiger partial charge is 0.508 e. The molecule has 3 aromatic carbocycles. The maximum absolute atomic E-state index is 13.8. The summed E-state index contributed by atoms with van der Waals surface area (Å²) in [5.74, 6) is 0.924. The van der Waals surface area contributed by atoms with E-state index in [2.05, 4.69) is 11.8 Å². The van der Waals surface area contributed by atoms with E-state index in [4.69, 9.17) is 4.74 Å². The molecule has 34 heavy (non-hydrogen) atoms. The van der Waals surface area contributed by atoms with Crippen LogP contribution in [0.5, 0.6) is 11.5 Å². The number of hydrogen-bond acceptors (Lipinski definition) is 4. The Morgan fingerprint density at radius 1 is 0.824 bits per heavy atom. The fourth-order valence-corrected chi connectivity index (χ4v) is 4.56. The molecule has 4 nitrogen and oxygen atoms in total. The van der Waals surface area contributed by atoms with Crippen molar-refractivity contribution in [2.45, 2.75) is 32.6 Å². The summed E-state index contributed by atoms with van der Waals surface area (Å²) in [5.41, 5.74) is 4.09. The van der Waals surface area contributed by atoms with E-state index in [1.807, 2.05) is 54.6 Å². The third-order valence-corrected chi connectivity index (χ3v) is 6.40. The van der Waals surface area contributed by atoms with Gasteiger partial charge in [-0.25, -0.2) is 0 Å². The number of phenolic OH excluding ortho intramolecular Hbond substituents is 1. The van der Waals surface area contributed by atoms with E-state index >= 15 is 0 Å². The van der Waals surface area contributed by atoms with Crippen LogP contribution in [0.25, 0.3) is 11.1 Å². The smallest absolute Gasteiger partial charge is 0.193 e. The van der Waals surface area contributed by atoms with Gasteiger partial charge in [-0.1, -0.05) is 55.8 Å². The quantitative estimate of drug-likeness (QED) is 0.228. The number of rotatable bonds is 9. The van der Waals surface area contributed by atoms with Crippen LogP contribution < -0.4 is 4.74 Å². The van der Waals surface area contributed by atoms with Crippen molar-refractivity contribution < 1.29 is 14.6 Å². The van der Waals surface area contributed by atoms with Crippen LogP contribution in [0.1, 0.15) is 54.1 Å². The SMILES string of the molecule is CC/C(=C(/C(=O)c1ccc(OCCN2CCCCC2)cc1)c1ccc(O)cc1)c1ccccc1. The lowest BCUT2D eigenvalue weighted by Crippen LogP contribution is -2.33. The minimum absolute atomic E-state index is 0.0359. The van der Waals surface area contributed by atoms with Crippen molar-refractivity contribution in [1.82, 2.24) is 4.90 Å². The molecule has 4 heteroatoms. The van der Waals surface area contributed by atoms with Gasteiger partial charge in [-0.2, -0.15) is 0 Å². The number of aromatic hydroxyl groups is 1. The summed E-state index contributed by atoms with van der Waals surface area (Å²) in [6.45, 7) is 5.97. The second kappa shape index (κ2) is 11.7. The molecule has 1 aliphatic heterocycles. The third-order valence-electron chi connectivity index (χ3n) is 6.40. The molecule has 0 spiro atoms. The molecule has 4 rings (SSSR count). The number of piperidine rings is 1. The zero-order chi connectivity index (χ0) is 23.8. The van der Waals surface area contributed by atoms with Crippen LogP contribution in [-0.2, 0) is 0 Å². The van der Waals surface area contributed by atoms with Crippen LogP contribution in [-0.4, -0.2) is 42.0 Å². The molecule has 0 aromatic heterocycles. The Hall–Kier alpha value is -3.37. The van der Waals surface area contributed by atoms with E-state index in [1.165, 1.54) is 19.3 Å². The van der Waals surface area contributed by atoms with Gasteiger partial charge in [0.1, 0.15) is 18.1 Å². The molecule has 176 valence electrons. The van der Waals surface area contributed by atoms with E-state index in [0.717, 1.165) is 42.1 Å². The van der Waals surface area contributed by atoms with E-state index in [-0.39, 0.29) is 11.5 Å². The van der Waals surface area contributed by atoms with Gasteiger partial charge in [0, 0.05) is 17.7 Å². The van der Waals surface area contributed by atoms with Gasteiger partial charge >= 0.3 is 0 Å². The van der Waals surface area contributed by atoms with Crippen molar-refractivity contribution in [1.29, 1.82) is 0 Å². The van der Waals surface area contributed by atoms with E-state index < -0.39 is 0 Å². The van der Waals surface area contributed by atoms with Gasteiger partial charge in [0.2, 0.25) is 0 Å². The topological polar surface area (TPSA) is 49.8 Å². The number of carbonyl (C=O) groups excluding carboxylic acids is 1. The number of benzene rings is 3. The molecule has 1 N–H and O–H groups in total. The van der Waals surface area contributed by atoms with Gasteiger partial charge in [-0.15, -0.1) is 0 Å². The predicted molar refractivity (Wildman–Crippen MR) is 138 cm³/mol. The maximum atomic E-state index is 13.8. The van der Waals surface area contributed by atoms with Crippen LogP contribution in [0, 0.1) is 0 Å². The second-order valence-corrected chi connectivity index (χ2v) is 8.72. The zero-order valence-electron chi connectivity index (χ0n) is 19.9. The summed E-state index contributed by atoms with van der Waals surface area (Å²) in [7, 11) is 0. The molecule has 0 bridgehead atoms. The van der Waals surface area contributed by atoms with Crippen molar-refractivity contribution in [2.75, 3.05) is 26.2 Å². The second-order valence-electron chi connectivity index (χ2n) is 8.72. The van der Waals surface area contributed by atoms with Gasteiger partial charge in [-0.05, 0) is 85.5 Å². The lowest BCUT2D eigenvalue weighted by atomic mass is 9.88. The maximum Gasteiger partial charge on any atom is 0.193 e. The van der Waals surface area contributed by atoms with Crippen LogP contribution in [0.4, 0.5) is 0 Å². The van der Waals surface area contributed by atoms with Crippen molar-refractivity contribution in [3.8, 4) is 11.5 Å². The molecule has 1 heterocycles. The molecular formula is C30H33NO3. The first-order valence-corrected chi connectivity index (χ1v) is 12.2. The summed E-state index contributed by atoms with van der Waals surface area (Å²) in [5, 5.41) is 9.77. The zero-order valence-corrected chi connectivity index (χ0v) is 19.9. The lowest BCUT2D eigenvalue weighted by molar-refractivity contribution is 0.105. The Kier molecular flexibility index (Phi) is 8.16. The number of ketones is 1. The molecule has 0 radical (unpaired) electrons. The van der Waals surface area contributed by atoms with Crippen molar-refractivity contribution in [2.24, 2.45) is 0 Å². The molecule has 1 aliphatic rings. The third kappa shape index (κ3) is 5.95. The molecule has 0 aliphatic carbocycles. The number of Topliss-reactive ketones (excluding diaryl/α,β-unsaturated/α-hetero) is 1. The fourth-order valence-electron chi connectivity index (χ4n) is 4.56. The first-order chi connectivity index (χ1) is 16.7. The van der Waals surface area contributed by atoms with E-state index in [1.54, 1.807) is 24.3 Å². The number of carbonyl (C=O) groups is 1. The predicted octanol–water partition coefficient (Wildman–Crippen LogP) is 6.46. The number of phenols is 1. The molecular weight excluding hydrogens is 422 g/mol. The van der Waals surface area contributed by atoms with Gasteiger partial charge < -0.3 is 9.84 Å². The van der Waals surface area contributed by atoms with Crippen molar-refractivity contribution >= 4 is 16.9 Å². The molecule has 0 amide bonds. The Morgan fingerprint density at radius 3 is 2.12 bits per heavy atom. The number of likely N-dealkylation sites (tertiary alicyclic amines) is 1. The Morgan fingerprint density at radius 2 is 1.47 bits per heavy atom. The highest BCUT2D eigenvalue weighted by atomic mass is 16.5. The van der Waals surface area contributed by atoms with Gasteiger partial charge in [0.05, 0.1) is 0 Å². The normalized spacial score (nSPS) is 15.0. The van der Waals surface area contributed by atoms with Gasteiger partial charge in [-0.3, -0.25) is 9.69 Å². The Labute approximate surface area is 202 Å². The summed E-state index contributed by atoms with van der Waals surface area (Å²) < 4.78 is 5.95. The average Bonchev–Trinajstić information content (AvgIpc) is 2.89. The van der Waals surface area contributed by atoms with Crippen molar-refractivity contribution in [3.05, 3.63) is 95.6 Å². The summed E-state index contributed by atoms with van der Waals surface area (Å²) in [6, 6.07) is 24.3. The molecule has 1 fully saturated rings. The van der Waals surface area contributed by atoms with Crippen LogP contribution in [0.2, 0.25) is 0 Å². The van der Waals surface area contributed by atoms with Crippen LogP contribution in [0.15, 0.2) is 78.9 Å². The van der Waals surface area contributed by atoms with E-state index in [0.29, 0.717) is 24.2 Å². The molecule has 0 atom stereocenters. The summed E-state index contributed by atoms with van der Waals surface area (Å²) in [6.07, 6.45) is 4.59. The number of allylic oxidation sites excluding steroid dienone is 2. The highest BCUT2D eigenvalue weighted by Gasteiger charge is 2.20. The molecule has 0 unspecified atom stereocenters. The number of hydrogen-bond donors (Lipinski definition) is 1. The highest BCUT2D eigenvalue weighted by molar-refractivity contribution is 6.34. The highest BCUT2D eigenvalue weighted by Crippen LogP contribution is 2.33. The van der Waals surface area contributed by atoms with Gasteiger partial charge in [0.25, 0.3) is 0 Å². The minimum Gasteiger partial charge on any atom is -0.508 e. The molecule has 1 saturated heterocycles. The Balaban J connectivity index is 1.56. The monoisotopic (exact) mass is 455 g/mol. The summed E-state index contributed by atoms with van der Waals surface area (Å²) >= 11 is 0. The van der Waals surface area contributed by atoms with Crippen molar-refractivity contribution in [3.63, 3.8) is 0 Å². The molecule has 0 saturated carbocycles. The first kappa shape index (κ1) is 23.8. The average molecular weight is 456 g/mol. The van der Waals surface area contributed by atoms with Crippen LogP contribution in [0.3, 0.4) is 0 Å². The first-order valence-electron chi connectivity index (χ1n) is 12.2. The standard InChI is InChI=1S/C30H33NO3/c1-2-28(23-9-5-3-6-10-23)29(24-11-15-26(32)16-12-24)30(33)25-13-17-27(18-14-25)34-22-21-31-19-7-4-8-20-31/h3,5-6,9-18,32H,2,4,7-8,19-22H2,1H3/b29-28-. The Bertz CT molecular complexity index is 1100. The number of ether oxygens (including phenoxy) is 1. The van der Waals surface area contributed by atoms with Crippen LogP contribution >= 0.6 is 0 Å². The minimum atomic E-state index is -0.0359. The number of nitrogens with zero attached hydrogens (tertiary/aromatic N) is 1. The summed E-state index contributed by atoms with van der Waals surface area (Å²) in [4.78, 5) is 16.2. The fraction of sp³-hybridized carbons (Fsp3) is 0.300.